The van der Waals surface area contributed by atoms with E-state index in [2.05, 4.69) is 49.2 Å². The molecule has 20 heavy (non-hydrogen) atoms. The van der Waals surface area contributed by atoms with Crippen molar-refractivity contribution in [2.24, 2.45) is 5.73 Å². The minimum atomic E-state index is 0.527. The van der Waals surface area contributed by atoms with Crippen LogP contribution >= 0.6 is 11.6 Å². The molecular formula is C17H21ClN2. The molecule has 0 atom stereocenters. The molecule has 0 bridgehead atoms. The molecule has 3 heteroatoms. The van der Waals surface area contributed by atoms with Gasteiger partial charge in [0.25, 0.3) is 0 Å². The second-order valence-corrected chi connectivity index (χ2v) is 5.70. The van der Waals surface area contributed by atoms with Gasteiger partial charge in [0.05, 0.1) is 0 Å². The predicted octanol–water partition coefficient (Wildman–Crippen LogP) is 3.74. The van der Waals surface area contributed by atoms with E-state index >= 15 is 0 Å². The fraction of sp³-hybridized carbons (Fsp3) is 0.294. The van der Waals surface area contributed by atoms with Crippen LogP contribution in [0.2, 0.25) is 5.02 Å². The van der Waals surface area contributed by atoms with Crippen molar-refractivity contribution in [1.29, 1.82) is 0 Å². The number of aryl methyl sites for hydroxylation is 1. The molecule has 0 spiro atoms. The Balaban J connectivity index is 2.02. The molecule has 0 amide bonds. The van der Waals surface area contributed by atoms with Crippen LogP contribution in [0.4, 0.5) is 0 Å². The molecular weight excluding hydrogens is 268 g/mol. The van der Waals surface area contributed by atoms with Gasteiger partial charge in [-0.15, -0.1) is 0 Å². The van der Waals surface area contributed by atoms with Gasteiger partial charge in [0.15, 0.2) is 0 Å². The summed E-state index contributed by atoms with van der Waals surface area (Å²) >= 11 is 6.30. The molecule has 0 aliphatic heterocycles. The van der Waals surface area contributed by atoms with E-state index in [1.165, 1.54) is 11.1 Å². The zero-order chi connectivity index (χ0) is 14.5. The first-order chi connectivity index (χ1) is 9.58. The van der Waals surface area contributed by atoms with E-state index in [9.17, 15) is 0 Å². The third-order valence-corrected chi connectivity index (χ3v) is 3.68. The Morgan fingerprint density at radius 1 is 1.05 bits per heavy atom. The van der Waals surface area contributed by atoms with Crippen LogP contribution < -0.4 is 5.73 Å². The van der Waals surface area contributed by atoms with Crippen molar-refractivity contribution in [2.75, 3.05) is 7.05 Å². The fourth-order valence-corrected chi connectivity index (χ4v) is 2.58. The Bertz CT molecular complexity index is 581. The Morgan fingerprint density at radius 2 is 1.85 bits per heavy atom. The Labute approximate surface area is 126 Å². The van der Waals surface area contributed by atoms with Gasteiger partial charge in [0.2, 0.25) is 0 Å². The van der Waals surface area contributed by atoms with Gasteiger partial charge in [-0.2, -0.15) is 0 Å². The van der Waals surface area contributed by atoms with Crippen molar-refractivity contribution in [2.45, 2.75) is 26.6 Å². The van der Waals surface area contributed by atoms with Gasteiger partial charge >= 0.3 is 0 Å². The molecule has 0 saturated carbocycles. The van der Waals surface area contributed by atoms with Gasteiger partial charge in [0, 0.05) is 24.7 Å². The lowest BCUT2D eigenvalue weighted by Crippen LogP contribution is -2.17. The molecule has 2 aromatic rings. The monoisotopic (exact) mass is 288 g/mol. The molecule has 0 saturated heterocycles. The number of hydrogen-bond donors (Lipinski definition) is 1. The van der Waals surface area contributed by atoms with Crippen LogP contribution in [0, 0.1) is 6.92 Å². The summed E-state index contributed by atoms with van der Waals surface area (Å²) < 4.78 is 0. The van der Waals surface area contributed by atoms with Crippen molar-refractivity contribution in [1.82, 2.24) is 4.90 Å². The first kappa shape index (κ1) is 15.0. The molecule has 0 aliphatic rings. The van der Waals surface area contributed by atoms with Gasteiger partial charge in [-0.3, -0.25) is 4.90 Å². The fourth-order valence-electron chi connectivity index (χ4n) is 2.31. The summed E-state index contributed by atoms with van der Waals surface area (Å²) in [6.45, 7) is 4.39. The highest BCUT2D eigenvalue weighted by Crippen LogP contribution is 2.20. The van der Waals surface area contributed by atoms with Crippen LogP contribution in [0.15, 0.2) is 42.5 Å². The van der Waals surface area contributed by atoms with E-state index in [1.54, 1.807) is 0 Å². The second kappa shape index (κ2) is 6.89. The second-order valence-electron chi connectivity index (χ2n) is 5.29. The maximum atomic E-state index is 6.30. The summed E-state index contributed by atoms with van der Waals surface area (Å²) in [5, 5.41) is 0.795. The quantitative estimate of drug-likeness (QED) is 0.908. The summed E-state index contributed by atoms with van der Waals surface area (Å²) in [5.41, 5.74) is 10.4. The average molecular weight is 289 g/mol. The van der Waals surface area contributed by atoms with E-state index in [4.69, 9.17) is 17.3 Å². The lowest BCUT2D eigenvalue weighted by Gasteiger charge is -2.18. The number of rotatable bonds is 5. The first-order valence-corrected chi connectivity index (χ1v) is 7.17. The van der Waals surface area contributed by atoms with Crippen LogP contribution in [0.1, 0.15) is 22.3 Å². The van der Waals surface area contributed by atoms with Gasteiger partial charge in [0.1, 0.15) is 0 Å². The van der Waals surface area contributed by atoms with Gasteiger partial charge < -0.3 is 5.73 Å². The normalized spacial score (nSPS) is 11.1. The zero-order valence-electron chi connectivity index (χ0n) is 12.1. The van der Waals surface area contributed by atoms with Crippen molar-refractivity contribution < 1.29 is 0 Å². The maximum absolute atomic E-state index is 6.30. The standard InChI is InChI=1S/C17H21ClN2/c1-13-4-3-5-15(8-13)11-20(2)12-16-7-6-14(10-19)9-17(16)18/h3-9H,10-12,19H2,1-2H3. The van der Waals surface area contributed by atoms with E-state index in [1.807, 2.05) is 12.1 Å². The molecule has 2 nitrogen and oxygen atoms in total. The minimum Gasteiger partial charge on any atom is -0.326 e. The summed E-state index contributed by atoms with van der Waals surface area (Å²) in [6, 6.07) is 14.7. The number of hydrogen-bond acceptors (Lipinski definition) is 2. The smallest absolute Gasteiger partial charge is 0.0454 e. The average Bonchev–Trinajstić information content (AvgIpc) is 2.41. The van der Waals surface area contributed by atoms with Crippen LogP contribution in [-0.4, -0.2) is 11.9 Å². The molecule has 2 N–H and O–H groups in total. The van der Waals surface area contributed by atoms with Gasteiger partial charge in [-0.25, -0.2) is 0 Å². The third-order valence-electron chi connectivity index (χ3n) is 3.33. The van der Waals surface area contributed by atoms with Gasteiger partial charge in [-0.1, -0.05) is 53.6 Å². The topological polar surface area (TPSA) is 29.3 Å². The van der Waals surface area contributed by atoms with Crippen molar-refractivity contribution in [3.05, 3.63) is 69.7 Å². The Morgan fingerprint density at radius 3 is 2.50 bits per heavy atom. The zero-order valence-corrected chi connectivity index (χ0v) is 12.8. The minimum absolute atomic E-state index is 0.527. The molecule has 0 radical (unpaired) electrons. The molecule has 0 heterocycles. The summed E-state index contributed by atoms with van der Waals surface area (Å²) in [7, 11) is 2.11. The van der Waals surface area contributed by atoms with Crippen molar-refractivity contribution in [3.63, 3.8) is 0 Å². The number of nitrogens with zero attached hydrogens (tertiary/aromatic N) is 1. The number of benzene rings is 2. The van der Waals surface area contributed by atoms with E-state index in [-0.39, 0.29) is 0 Å². The highest BCUT2D eigenvalue weighted by atomic mass is 35.5. The highest BCUT2D eigenvalue weighted by molar-refractivity contribution is 6.31. The SMILES string of the molecule is Cc1cccc(CN(C)Cc2ccc(CN)cc2Cl)c1. The van der Waals surface area contributed by atoms with Crippen LogP contribution in [0.25, 0.3) is 0 Å². The van der Waals surface area contributed by atoms with E-state index in [0.717, 1.165) is 29.2 Å². The molecule has 0 aliphatic carbocycles. The number of nitrogens with two attached hydrogens (primary N) is 1. The summed E-state index contributed by atoms with van der Waals surface area (Å²) in [5.74, 6) is 0. The van der Waals surface area contributed by atoms with Crippen molar-refractivity contribution >= 4 is 11.6 Å². The largest absolute Gasteiger partial charge is 0.326 e. The molecule has 0 unspecified atom stereocenters. The van der Waals surface area contributed by atoms with Crippen LogP contribution in [-0.2, 0) is 19.6 Å². The lowest BCUT2D eigenvalue weighted by atomic mass is 10.1. The van der Waals surface area contributed by atoms with Gasteiger partial charge in [-0.05, 0) is 36.7 Å². The lowest BCUT2D eigenvalue weighted by molar-refractivity contribution is 0.319. The Hall–Kier alpha value is -1.35. The summed E-state index contributed by atoms with van der Waals surface area (Å²) in [4.78, 5) is 2.26. The maximum Gasteiger partial charge on any atom is 0.0454 e. The van der Waals surface area contributed by atoms with E-state index in [0.29, 0.717) is 6.54 Å². The third kappa shape index (κ3) is 4.07. The molecule has 106 valence electrons. The van der Waals surface area contributed by atoms with Crippen molar-refractivity contribution in [3.8, 4) is 0 Å². The predicted molar refractivity (Wildman–Crippen MR) is 85.7 cm³/mol. The number of halogens is 1. The molecule has 2 rings (SSSR count). The van der Waals surface area contributed by atoms with Crippen LogP contribution in [0.5, 0.6) is 0 Å². The summed E-state index contributed by atoms with van der Waals surface area (Å²) in [6.07, 6.45) is 0. The first-order valence-electron chi connectivity index (χ1n) is 6.80. The molecule has 0 fully saturated rings. The molecule has 2 aromatic carbocycles. The Kier molecular flexibility index (Phi) is 5.18. The van der Waals surface area contributed by atoms with Crippen LogP contribution in [0.3, 0.4) is 0 Å². The van der Waals surface area contributed by atoms with E-state index < -0.39 is 0 Å². The molecule has 0 aromatic heterocycles. The highest BCUT2D eigenvalue weighted by Gasteiger charge is 2.06.